The van der Waals surface area contributed by atoms with Gasteiger partial charge in [-0.2, -0.15) is 0 Å². The van der Waals surface area contributed by atoms with E-state index >= 15 is 0 Å². The molecule has 0 saturated carbocycles. The van der Waals surface area contributed by atoms with Gasteiger partial charge in [-0.3, -0.25) is 0 Å². The van der Waals surface area contributed by atoms with Crippen molar-refractivity contribution < 1.29 is 5.11 Å². The Kier molecular flexibility index (Phi) is 3.83. The molecule has 49 valence electrons. The van der Waals surface area contributed by atoms with Crippen LogP contribution in [0.5, 0.6) is 0 Å². The molecule has 0 aliphatic heterocycles. The summed E-state index contributed by atoms with van der Waals surface area (Å²) in [5, 5.41) is 10.0. The highest BCUT2D eigenvalue weighted by Gasteiger charge is 2.02. The van der Waals surface area contributed by atoms with Crippen molar-refractivity contribution >= 4 is 0 Å². The highest BCUT2D eigenvalue weighted by molar-refractivity contribution is 4.59. The lowest BCUT2D eigenvalue weighted by molar-refractivity contribution is 0.164. The van der Waals surface area contributed by atoms with Crippen molar-refractivity contribution in [3.63, 3.8) is 0 Å². The summed E-state index contributed by atoms with van der Waals surface area (Å²) >= 11 is 0. The fourth-order valence-electron chi connectivity index (χ4n) is 0.674. The first-order chi connectivity index (χ1) is 3.66. The first-order valence-electron chi connectivity index (χ1n) is 3.00. The van der Waals surface area contributed by atoms with Gasteiger partial charge in [-0.25, -0.2) is 5.11 Å². The minimum absolute atomic E-state index is 0.130. The van der Waals surface area contributed by atoms with Gasteiger partial charge < -0.3 is 5.73 Å². The molecule has 0 spiro atoms. The van der Waals surface area contributed by atoms with E-state index in [1.807, 2.05) is 0 Å². The predicted octanol–water partition coefficient (Wildman–Crippen LogP) is 0.790. The molecule has 1 radical (unpaired) electrons. The van der Waals surface area contributed by atoms with E-state index in [-0.39, 0.29) is 12.6 Å². The van der Waals surface area contributed by atoms with Gasteiger partial charge in [0.25, 0.3) is 0 Å². The quantitative estimate of drug-likeness (QED) is 0.582. The Labute approximate surface area is 50.7 Å². The van der Waals surface area contributed by atoms with Crippen LogP contribution in [0.25, 0.3) is 0 Å². The maximum absolute atomic E-state index is 10.0. The van der Waals surface area contributed by atoms with Crippen molar-refractivity contribution in [2.45, 2.75) is 26.3 Å². The van der Waals surface area contributed by atoms with Gasteiger partial charge in [0.1, 0.15) is 0 Å². The SMILES string of the molecule is CC(C)CC(N)C[O]. The van der Waals surface area contributed by atoms with Crippen LogP contribution in [0.1, 0.15) is 20.3 Å². The van der Waals surface area contributed by atoms with Crippen molar-refractivity contribution in [3.05, 3.63) is 0 Å². The van der Waals surface area contributed by atoms with Gasteiger partial charge in [0.05, 0.1) is 6.61 Å². The van der Waals surface area contributed by atoms with Crippen LogP contribution in [-0.2, 0) is 5.11 Å². The molecule has 0 rings (SSSR count). The summed E-state index contributed by atoms with van der Waals surface area (Å²) in [5.74, 6) is 0.555. The van der Waals surface area contributed by atoms with Crippen molar-refractivity contribution in [2.75, 3.05) is 6.61 Å². The summed E-state index contributed by atoms with van der Waals surface area (Å²) in [6, 6.07) is -0.130. The molecular weight excluding hydrogens is 102 g/mol. The molecule has 0 heterocycles. The zero-order valence-electron chi connectivity index (χ0n) is 5.55. The zero-order valence-corrected chi connectivity index (χ0v) is 5.55. The Morgan fingerprint density at radius 3 is 2.12 bits per heavy atom. The third kappa shape index (κ3) is 4.09. The third-order valence-corrected chi connectivity index (χ3v) is 0.988. The van der Waals surface area contributed by atoms with Crippen LogP contribution in [0.4, 0.5) is 0 Å². The molecule has 0 aromatic rings. The fraction of sp³-hybridized carbons (Fsp3) is 1.00. The summed E-state index contributed by atoms with van der Waals surface area (Å²) in [4.78, 5) is 0. The molecular formula is C6H14NO. The molecule has 0 aliphatic carbocycles. The molecule has 0 aromatic carbocycles. The van der Waals surface area contributed by atoms with Gasteiger partial charge in [0, 0.05) is 6.04 Å². The Morgan fingerprint density at radius 2 is 2.00 bits per heavy atom. The lowest BCUT2D eigenvalue weighted by Gasteiger charge is -2.08. The van der Waals surface area contributed by atoms with E-state index in [1.165, 1.54) is 0 Å². The second-order valence-corrected chi connectivity index (χ2v) is 2.56. The van der Waals surface area contributed by atoms with Gasteiger partial charge >= 0.3 is 0 Å². The van der Waals surface area contributed by atoms with Crippen molar-refractivity contribution in [2.24, 2.45) is 11.7 Å². The molecule has 0 saturated heterocycles. The van der Waals surface area contributed by atoms with Gasteiger partial charge in [-0.15, -0.1) is 0 Å². The van der Waals surface area contributed by atoms with Crippen LogP contribution in [0.15, 0.2) is 0 Å². The second kappa shape index (κ2) is 3.87. The lowest BCUT2D eigenvalue weighted by Crippen LogP contribution is -2.25. The molecule has 0 amide bonds. The van der Waals surface area contributed by atoms with Gasteiger partial charge in [0.2, 0.25) is 0 Å². The summed E-state index contributed by atoms with van der Waals surface area (Å²) < 4.78 is 0. The molecule has 1 atom stereocenters. The number of hydrogen-bond donors (Lipinski definition) is 1. The average molecular weight is 116 g/mol. The molecule has 2 nitrogen and oxygen atoms in total. The van der Waals surface area contributed by atoms with Crippen molar-refractivity contribution in [1.29, 1.82) is 0 Å². The Bertz CT molecular complexity index is 54.5. The molecule has 1 unspecified atom stereocenters. The van der Waals surface area contributed by atoms with Gasteiger partial charge in [0.15, 0.2) is 0 Å². The first kappa shape index (κ1) is 7.92. The molecule has 2 heteroatoms. The van der Waals surface area contributed by atoms with Crippen molar-refractivity contribution in [3.8, 4) is 0 Å². The minimum Gasteiger partial charge on any atom is -0.326 e. The topological polar surface area (TPSA) is 45.9 Å². The maximum atomic E-state index is 10.0. The van der Waals surface area contributed by atoms with E-state index in [2.05, 4.69) is 13.8 Å². The van der Waals surface area contributed by atoms with E-state index in [9.17, 15) is 5.11 Å². The monoisotopic (exact) mass is 116 g/mol. The molecule has 0 bridgehead atoms. The third-order valence-electron chi connectivity index (χ3n) is 0.988. The van der Waals surface area contributed by atoms with Crippen molar-refractivity contribution in [1.82, 2.24) is 0 Å². The fourth-order valence-corrected chi connectivity index (χ4v) is 0.674. The molecule has 0 fully saturated rings. The van der Waals surface area contributed by atoms with Crippen LogP contribution in [0, 0.1) is 5.92 Å². The van der Waals surface area contributed by atoms with Crippen LogP contribution in [0.3, 0.4) is 0 Å². The van der Waals surface area contributed by atoms with E-state index in [0.29, 0.717) is 5.92 Å². The Hall–Kier alpha value is -0.0800. The Balaban J connectivity index is 3.10. The van der Waals surface area contributed by atoms with Gasteiger partial charge in [-0.1, -0.05) is 13.8 Å². The summed E-state index contributed by atoms with van der Waals surface area (Å²) in [6.45, 7) is 3.99. The minimum atomic E-state index is -0.141. The highest BCUT2D eigenvalue weighted by Crippen LogP contribution is 2.00. The average Bonchev–Trinajstić information content (AvgIpc) is 1.65. The molecule has 0 aromatic heterocycles. The van der Waals surface area contributed by atoms with E-state index < -0.39 is 0 Å². The van der Waals surface area contributed by atoms with E-state index in [0.717, 1.165) is 6.42 Å². The zero-order chi connectivity index (χ0) is 6.57. The van der Waals surface area contributed by atoms with Crippen LogP contribution in [0.2, 0.25) is 0 Å². The van der Waals surface area contributed by atoms with E-state index in [1.54, 1.807) is 0 Å². The second-order valence-electron chi connectivity index (χ2n) is 2.56. The number of rotatable bonds is 3. The molecule has 2 N–H and O–H groups in total. The number of hydrogen-bond acceptors (Lipinski definition) is 1. The number of nitrogens with two attached hydrogens (primary N) is 1. The predicted molar refractivity (Wildman–Crippen MR) is 33.0 cm³/mol. The summed E-state index contributed by atoms with van der Waals surface area (Å²) in [5.41, 5.74) is 5.36. The largest absolute Gasteiger partial charge is 0.326 e. The first-order valence-corrected chi connectivity index (χ1v) is 3.00. The normalized spacial score (nSPS) is 14.6. The van der Waals surface area contributed by atoms with E-state index in [4.69, 9.17) is 5.73 Å². The smallest absolute Gasteiger partial charge is 0.0973 e. The summed E-state index contributed by atoms with van der Waals surface area (Å²) in [6.07, 6.45) is 0.851. The lowest BCUT2D eigenvalue weighted by atomic mass is 10.1. The summed E-state index contributed by atoms with van der Waals surface area (Å²) in [7, 11) is 0. The Morgan fingerprint density at radius 1 is 1.50 bits per heavy atom. The van der Waals surface area contributed by atoms with Crippen LogP contribution in [-0.4, -0.2) is 12.6 Å². The van der Waals surface area contributed by atoms with Crippen LogP contribution < -0.4 is 5.73 Å². The van der Waals surface area contributed by atoms with Gasteiger partial charge in [-0.05, 0) is 12.3 Å². The highest BCUT2D eigenvalue weighted by atomic mass is 16.3. The molecule has 8 heavy (non-hydrogen) atoms. The maximum Gasteiger partial charge on any atom is 0.0973 e. The standard InChI is InChI=1S/C6H14NO/c1-5(2)3-6(7)4-8/h5-6H,3-4,7H2,1-2H3. The molecule has 0 aliphatic rings. The van der Waals surface area contributed by atoms with Crippen LogP contribution >= 0.6 is 0 Å².